The summed E-state index contributed by atoms with van der Waals surface area (Å²) in [6.07, 6.45) is 0. The van der Waals surface area contributed by atoms with Crippen molar-refractivity contribution in [3.05, 3.63) is 167 Å². The van der Waals surface area contributed by atoms with Crippen LogP contribution < -0.4 is 18.1 Å². The molecular formula is C43H42O8P2. The third-order valence-electron chi connectivity index (χ3n) is 9.29. The molecule has 0 aliphatic carbocycles. The predicted octanol–water partition coefficient (Wildman–Crippen LogP) is 11.7. The summed E-state index contributed by atoms with van der Waals surface area (Å²) in [5, 5.41) is 0. The Balaban J connectivity index is 1.45. The van der Waals surface area contributed by atoms with Crippen molar-refractivity contribution in [3.63, 3.8) is 0 Å². The second-order valence-electron chi connectivity index (χ2n) is 13.5. The van der Waals surface area contributed by atoms with Gasteiger partial charge in [-0.2, -0.15) is 4.57 Å². The molecule has 8 nitrogen and oxygen atoms in total. The minimum Gasteiger partial charge on any atom is -0.404 e. The van der Waals surface area contributed by atoms with Gasteiger partial charge in [0, 0.05) is 11.0 Å². The summed E-state index contributed by atoms with van der Waals surface area (Å²) in [7, 11) is -9.17. The van der Waals surface area contributed by atoms with Crippen molar-refractivity contribution in [2.75, 3.05) is 0 Å². The molecule has 0 unspecified atom stereocenters. The fourth-order valence-corrected chi connectivity index (χ4v) is 8.19. The van der Waals surface area contributed by atoms with E-state index in [0.717, 1.165) is 50.1 Å². The Labute approximate surface area is 310 Å². The molecule has 0 saturated heterocycles. The molecule has 0 radical (unpaired) electrons. The molecule has 0 spiro atoms. The first-order valence-electron chi connectivity index (χ1n) is 17.1. The van der Waals surface area contributed by atoms with Crippen LogP contribution >= 0.6 is 15.6 Å². The van der Waals surface area contributed by atoms with Gasteiger partial charge in [0.1, 0.15) is 23.0 Å². The van der Waals surface area contributed by atoms with Crippen LogP contribution in [0.1, 0.15) is 47.2 Å². The molecule has 0 fully saturated rings. The molecule has 0 heterocycles. The molecule has 6 aromatic carbocycles. The maximum absolute atomic E-state index is 14.4. The number of phosphoric acid groups is 2. The van der Waals surface area contributed by atoms with Gasteiger partial charge in [-0.05, 0) is 108 Å². The molecule has 0 amide bonds. The van der Waals surface area contributed by atoms with Crippen molar-refractivity contribution in [3.8, 4) is 45.3 Å². The van der Waals surface area contributed by atoms with Gasteiger partial charge in [0.15, 0.2) is 0 Å². The van der Waals surface area contributed by atoms with Crippen LogP contribution in [0.3, 0.4) is 0 Å². The van der Waals surface area contributed by atoms with Gasteiger partial charge in [0.05, 0.1) is 0 Å². The SMILES string of the molecule is Cc1ccccc1OP(=O)(Oc1ccc(C(C)(C)c2ccc(OP(=O)(O)O)c(-c3ccccc3C)c2-c2ccccc2C)cc1)Oc1ccccc1C. The lowest BCUT2D eigenvalue weighted by Crippen LogP contribution is -2.21. The largest absolute Gasteiger partial charge is 0.647 e. The highest BCUT2D eigenvalue weighted by Gasteiger charge is 2.36. The molecular weight excluding hydrogens is 706 g/mol. The summed E-state index contributed by atoms with van der Waals surface area (Å²) in [6, 6.07) is 40.8. The first-order valence-corrected chi connectivity index (χ1v) is 20.1. The fraction of sp³-hybridized carbons (Fsp3) is 0.163. The van der Waals surface area contributed by atoms with Crippen molar-refractivity contribution >= 4 is 15.6 Å². The van der Waals surface area contributed by atoms with Gasteiger partial charge in [-0.3, -0.25) is 9.79 Å². The molecule has 0 saturated carbocycles. The Morgan fingerprint density at radius 3 is 1.40 bits per heavy atom. The normalized spacial score (nSPS) is 11.9. The second kappa shape index (κ2) is 15.1. The van der Waals surface area contributed by atoms with Crippen molar-refractivity contribution < 1.29 is 37.0 Å². The van der Waals surface area contributed by atoms with E-state index in [4.69, 9.17) is 18.1 Å². The number of rotatable bonds is 12. The standard InChI is InChI=1S/C43H42O8P2/c1-29-15-7-11-19-35(29)41-37(27-28-40(49-52(44,45)46)42(41)36-20-12-8-16-30(36)2)43(5,6)33-23-25-34(26-24-33)48-53(47,50-38-21-13-9-17-31(38)3)51-39-22-14-10-18-32(39)4/h7-28H,1-6H3,(H2,44,45,46). The summed E-state index contributed by atoms with van der Waals surface area (Å²) in [5.41, 5.74) is 7.61. The van der Waals surface area contributed by atoms with E-state index in [1.165, 1.54) is 0 Å². The molecule has 0 atom stereocenters. The Morgan fingerprint density at radius 1 is 0.472 bits per heavy atom. The van der Waals surface area contributed by atoms with Gasteiger partial charge >= 0.3 is 15.6 Å². The maximum atomic E-state index is 14.4. The third-order valence-corrected chi connectivity index (χ3v) is 11.0. The summed E-state index contributed by atoms with van der Waals surface area (Å²) < 4.78 is 50.1. The number of para-hydroxylation sites is 2. The lowest BCUT2D eigenvalue weighted by molar-refractivity contribution is 0.283. The quantitative estimate of drug-likeness (QED) is 0.119. The summed E-state index contributed by atoms with van der Waals surface area (Å²) in [4.78, 5) is 19.9. The zero-order valence-electron chi connectivity index (χ0n) is 30.4. The van der Waals surface area contributed by atoms with Crippen molar-refractivity contribution in [2.24, 2.45) is 0 Å². The van der Waals surface area contributed by atoms with E-state index in [2.05, 4.69) is 13.8 Å². The van der Waals surface area contributed by atoms with Crippen LogP contribution in [0.5, 0.6) is 23.0 Å². The van der Waals surface area contributed by atoms with Crippen molar-refractivity contribution in [2.45, 2.75) is 47.0 Å². The first-order chi connectivity index (χ1) is 25.1. The van der Waals surface area contributed by atoms with Gasteiger partial charge in [-0.25, -0.2) is 4.57 Å². The number of hydrogen-bond acceptors (Lipinski definition) is 6. The summed E-state index contributed by atoms with van der Waals surface area (Å²) in [6.45, 7) is 11.8. The predicted molar refractivity (Wildman–Crippen MR) is 210 cm³/mol. The molecule has 0 aliphatic heterocycles. The monoisotopic (exact) mass is 748 g/mol. The average molecular weight is 749 g/mol. The van der Waals surface area contributed by atoms with Crippen molar-refractivity contribution in [1.82, 2.24) is 0 Å². The zero-order valence-corrected chi connectivity index (χ0v) is 32.2. The van der Waals surface area contributed by atoms with Gasteiger partial charge in [-0.15, -0.1) is 0 Å². The highest BCUT2D eigenvalue weighted by molar-refractivity contribution is 7.49. The summed E-state index contributed by atoms with van der Waals surface area (Å²) in [5.74, 6) is 1.11. The third kappa shape index (κ3) is 8.43. The van der Waals surface area contributed by atoms with Crippen LogP contribution in [0.25, 0.3) is 22.3 Å². The number of aryl methyl sites for hydroxylation is 4. The van der Waals surface area contributed by atoms with Crippen LogP contribution in [0.4, 0.5) is 0 Å². The Kier molecular flexibility index (Phi) is 10.7. The Hall–Kier alpha value is -5.10. The Morgan fingerprint density at radius 2 is 0.925 bits per heavy atom. The molecule has 0 aromatic heterocycles. The van der Waals surface area contributed by atoms with Crippen molar-refractivity contribution in [1.29, 1.82) is 0 Å². The first kappa shape index (κ1) is 37.7. The van der Waals surface area contributed by atoms with Crippen LogP contribution in [0.2, 0.25) is 0 Å². The molecule has 272 valence electrons. The Bertz CT molecular complexity index is 2310. The highest BCUT2D eigenvalue weighted by atomic mass is 31.2. The number of phosphoric ester groups is 2. The molecule has 0 bridgehead atoms. The molecule has 10 heteroatoms. The molecule has 6 aromatic rings. The van der Waals surface area contributed by atoms with E-state index < -0.39 is 21.1 Å². The van der Waals surface area contributed by atoms with Gasteiger partial charge in [0.2, 0.25) is 0 Å². The van der Waals surface area contributed by atoms with Crippen LogP contribution in [0, 0.1) is 27.7 Å². The number of hydrogen-bond donors (Lipinski definition) is 2. The van der Waals surface area contributed by atoms with E-state index in [-0.39, 0.29) is 11.5 Å². The smallest absolute Gasteiger partial charge is 0.404 e. The fourth-order valence-electron chi connectivity index (χ4n) is 6.39. The van der Waals surface area contributed by atoms with Crippen LogP contribution in [-0.4, -0.2) is 9.79 Å². The van der Waals surface area contributed by atoms with E-state index >= 15 is 0 Å². The minimum absolute atomic E-state index is 0.0762. The topological polar surface area (TPSA) is 112 Å². The van der Waals surface area contributed by atoms with E-state index in [0.29, 0.717) is 17.1 Å². The number of benzene rings is 6. The van der Waals surface area contributed by atoms with E-state index in [9.17, 15) is 18.9 Å². The van der Waals surface area contributed by atoms with E-state index in [1.54, 1.807) is 42.5 Å². The van der Waals surface area contributed by atoms with E-state index in [1.807, 2.05) is 119 Å². The highest BCUT2D eigenvalue weighted by Crippen LogP contribution is 2.53. The molecule has 2 N–H and O–H groups in total. The summed E-state index contributed by atoms with van der Waals surface area (Å²) >= 11 is 0. The zero-order chi connectivity index (χ0) is 38.0. The lowest BCUT2D eigenvalue weighted by atomic mass is 9.72. The maximum Gasteiger partial charge on any atom is 0.647 e. The van der Waals surface area contributed by atoms with Gasteiger partial charge in [-0.1, -0.05) is 117 Å². The van der Waals surface area contributed by atoms with Crippen LogP contribution in [0.15, 0.2) is 133 Å². The minimum atomic E-state index is -4.92. The van der Waals surface area contributed by atoms with Gasteiger partial charge < -0.3 is 18.1 Å². The molecule has 53 heavy (non-hydrogen) atoms. The second-order valence-corrected chi connectivity index (χ2v) is 16.1. The van der Waals surface area contributed by atoms with Gasteiger partial charge in [0.25, 0.3) is 0 Å². The lowest BCUT2D eigenvalue weighted by Gasteiger charge is -2.32. The van der Waals surface area contributed by atoms with Crippen LogP contribution in [-0.2, 0) is 14.5 Å². The molecule has 6 rings (SSSR count). The average Bonchev–Trinajstić information content (AvgIpc) is 3.10. The molecule has 0 aliphatic rings.